The van der Waals surface area contributed by atoms with Crippen LogP contribution in [-0.2, 0) is 6.18 Å². The van der Waals surface area contributed by atoms with Crippen molar-refractivity contribution in [3.8, 4) is 0 Å². The van der Waals surface area contributed by atoms with E-state index in [9.17, 15) is 18.0 Å². The van der Waals surface area contributed by atoms with Crippen molar-refractivity contribution >= 4 is 23.1 Å². The van der Waals surface area contributed by atoms with Crippen LogP contribution in [0.15, 0.2) is 54.9 Å². The minimum atomic E-state index is -4.50. The molecule has 2 N–H and O–H groups in total. The van der Waals surface area contributed by atoms with Crippen molar-refractivity contribution in [1.82, 2.24) is 9.97 Å². The van der Waals surface area contributed by atoms with Gasteiger partial charge in [0.1, 0.15) is 11.5 Å². The molecule has 8 heteroatoms. The van der Waals surface area contributed by atoms with Crippen LogP contribution in [0, 0.1) is 13.8 Å². The van der Waals surface area contributed by atoms with E-state index in [2.05, 4.69) is 20.6 Å². The third-order valence-electron chi connectivity index (χ3n) is 4.01. The number of aryl methyl sites for hydroxylation is 2. The Morgan fingerprint density at radius 1 is 0.964 bits per heavy atom. The molecule has 1 heterocycles. The number of para-hydroxylation sites is 1. The van der Waals surface area contributed by atoms with Gasteiger partial charge < -0.3 is 10.6 Å². The van der Waals surface area contributed by atoms with Crippen molar-refractivity contribution in [1.29, 1.82) is 0 Å². The third kappa shape index (κ3) is 4.46. The highest BCUT2D eigenvalue weighted by Gasteiger charge is 2.33. The summed E-state index contributed by atoms with van der Waals surface area (Å²) in [7, 11) is 0. The fraction of sp³-hybridized carbons (Fsp3) is 0.150. The van der Waals surface area contributed by atoms with Crippen LogP contribution in [0.2, 0.25) is 0 Å². The molecule has 144 valence electrons. The largest absolute Gasteiger partial charge is 0.418 e. The van der Waals surface area contributed by atoms with Crippen molar-refractivity contribution in [2.45, 2.75) is 20.0 Å². The lowest BCUT2D eigenvalue weighted by Gasteiger charge is -2.13. The molecular formula is C20H17F3N4O. The predicted octanol–water partition coefficient (Wildman–Crippen LogP) is 5.11. The standard InChI is InChI=1S/C20H17F3N4O/c1-12-7-8-15(13(2)9-12)27-19(28)17-10-25-18(11-24-17)26-16-6-4-3-5-14(16)20(21,22)23/h3-11H,1-2H3,(H,25,26)(H,27,28). The van der Waals surface area contributed by atoms with E-state index in [0.717, 1.165) is 17.2 Å². The van der Waals surface area contributed by atoms with E-state index in [4.69, 9.17) is 0 Å². The van der Waals surface area contributed by atoms with Gasteiger partial charge in [-0.2, -0.15) is 13.2 Å². The first-order valence-corrected chi connectivity index (χ1v) is 8.38. The summed E-state index contributed by atoms with van der Waals surface area (Å²) in [5, 5.41) is 5.33. The molecular weight excluding hydrogens is 369 g/mol. The maximum atomic E-state index is 13.1. The monoisotopic (exact) mass is 386 g/mol. The minimum absolute atomic E-state index is 0.0506. The second-order valence-electron chi connectivity index (χ2n) is 6.23. The number of nitrogens with one attached hydrogen (secondary N) is 2. The summed E-state index contributed by atoms with van der Waals surface area (Å²) < 4.78 is 39.2. The third-order valence-corrected chi connectivity index (χ3v) is 4.01. The molecule has 0 aliphatic rings. The smallest absolute Gasteiger partial charge is 0.338 e. The Morgan fingerprint density at radius 2 is 1.71 bits per heavy atom. The van der Waals surface area contributed by atoms with Gasteiger partial charge >= 0.3 is 6.18 Å². The van der Waals surface area contributed by atoms with Crippen LogP contribution in [0.25, 0.3) is 0 Å². The Hall–Kier alpha value is -3.42. The molecule has 0 aliphatic heterocycles. The number of carbonyl (C=O) groups is 1. The zero-order valence-corrected chi connectivity index (χ0v) is 15.1. The highest BCUT2D eigenvalue weighted by Crippen LogP contribution is 2.35. The molecule has 2 aromatic carbocycles. The van der Waals surface area contributed by atoms with Gasteiger partial charge in [0.15, 0.2) is 0 Å². The first-order valence-electron chi connectivity index (χ1n) is 8.38. The molecule has 0 spiro atoms. The number of hydrogen-bond donors (Lipinski definition) is 2. The summed E-state index contributed by atoms with van der Waals surface area (Å²) in [6.07, 6.45) is -2.08. The molecule has 1 aromatic heterocycles. The normalized spacial score (nSPS) is 11.2. The van der Waals surface area contributed by atoms with Crippen LogP contribution in [0.4, 0.5) is 30.4 Å². The summed E-state index contributed by atoms with van der Waals surface area (Å²) in [6.45, 7) is 3.83. The Bertz CT molecular complexity index is 1000. The lowest BCUT2D eigenvalue weighted by atomic mass is 10.1. The van der Waals surface area contributed by atoms with Crippen molar-refractivity contribution in [2.24, 2.45) is 0 Å². The van der Waals surface area contributed by atoms with E-state index in [1.165, 1.54) is 30.6 Å². The summed E-state index contributed by atoms with van der Waals surface area (Å²) in [5.74, 6) is -0.360. The van der Waals surface area contributed by atoms with Gasteiger partial charge in [0.25, 0.3) is 5.91 Å². The van der Waals surface area contributed by atoms with Crippen molar-refractivity contribution in [2.75, 3.05) is 10.6 Å². The van der Waals surface area contributed by atoms with Crippen LogP contribution in [0.1, 0.15) is 27.2 Å². The van der Waals surface area contributed by atoms with Crippen LogP contribution < -0.4 is 10.6 Å². The fourth-order valence-electron chi connectivity index (χ4n) is 2.63. The number of aromatic nitrogens is 2. The molecule has 0 aliphatic carbocycles. The molecule has 5 nitrogen and oxygen atoms in total. The lowest BCUT2D eigenvalue weighted by Crippen LogP contribution is -2.15. The maximum absolute atomic E-state index is 13.1. The number of alkyl halides is 3. The SMILES string of the molecule is Cc1ccc(NC(=O)c2cnc(Nc3ccccc3C(F)(F)F)cn2)c(C)c1. The van der Waals surface area contributed by atoms with Gasteiger partial charge in [-0.1, -0.05) is 29.8 Å². The van der Waals surface area contributed by atoms with E-state index in [1.807, 2.05) is 26.0 Å². The van der Waals surface area contributed by atoms with Gasteiger partial charge in [-0.3, -0.25) is 4.79 Å². The molecule has 0 bridgehead atoms. The lowest BCUT2D eigenvalue weighted by molar-refractivity contribution is -0.136. The molecule has 3 aromatic rings. The van der Waals surface area contributed by atoms with E-state index < -0.39 is 17.6 Å². The fourth-order valence-corrected chi connectivity index (χ4v) is 2.63. The Balaban J connectivity index is 1.74. The number of benzene rings is 2. The molecule has 0 radical (unpaired) electrons. The van der Waals surface area contributed by atoms with E-state index in [0.29, 0.717) is 5.69 Å². The second-order valence-corrected chi connectivity index (χ2v) is 6.23. The zero-order valence-electron chi connectivity index (χ0n) is 15.1. The first-order chi connectivity index (χ1) is 13.2. The predicted molar refractivity (Wildman–Crippen MR) is 101 cm³/mol. The summed E-state index contributed by atoms with van der Waals surface area (Å²) in [6, 6.07) is 10.7. The maximum Gasteiger partial charge on any atom is 0.418 e. The number of halogens is 3. The highest BCUT2D eigenvalue weighted by molar-refractivity contribution is 6.03. The van der Waals surface area contributed by atoms with Gasteiger partial charge in [0.2, 0.25) is 0 Å². The number of carbonyl (C=O) groups excluding carboxylic acids is 1. The van der Waals surface area contributed by atoms with E-state index in [1.54, 1.807) is 6.07 Å². The number of nitrogens with zero attached hydrogens (tertiary/aromatic N) is 2. The topological polar surface area (TPSA) is 66.9 Å². The zero-order chi connectivity index (χ0) is 20.3. The van der Waals surface area contributed by atoms with Gasteiger partial charge in [0.05, 0.1) is 23.6 Å². The quantitative estimate of drug-likeness (QED) is 0.654. The van der Waals surface area contributed by atoms with Crippen LogP contribution >= 0.6 is 0 Å². The highest BCUT2D eigenvalue weighted by atomic mass is 19.4. The number of anilines is 3. The summed E-state index contributed by atoms with van der Waals surface area (Å²) in [4.78, 5) is 20.3. The summed E-state index contributed by atoms with van der Waals surface area (Å²) in [5.41, 5.74) is 1.73. The molecule has 0 fully saturated rings. The van der Waals surface area contributed by atoms with Crippen molar-refractivity contribution in [3.63, 3.8) is 0 Å². The average molecular weight is 386 g/mol. The van der Waals surface area contributed by atoms with Gasteiger partial charge in [0, 0.05) is 5.69 Å². The van der Waals surface area contributed by atoms with Gasteiger partial charge in [-0.05, 0) is 37.6 Å². The first kappa shape index (κ1) is 19.3. The van der Waals surface area contributed by atoms with E-state index in [-0.39, 0.29) is 17.2 Å². The van der Waals surface area contributed by atoms with Crippen LogP contribution in [-0.4, -0.2) is 15.9 Å². The minimum Gasteiger partial charge on any atom is -0.338 e. The summed E-state index contributed by atoms with van der Waals surface area (Å²) >= 11 is 0. The second kappa shape index (κ2) is 7.67. The average Bonchev–Trinajstić information content (AvgIpc) is 2.64. The number of amides is 1. The Morgan fingerprint density at radius 3 is 2.36 bits per heavy atom. The molecule has 28 heavy (non-hydrogen) atoms. The van der Waals surface area contributed by atoms with Gasteiger partial charge in [-0.15, -0.1) is 0 Å². The molecule has 0 atom stereocenters. The molecule has 0 saturated heterocycles. The molecule has 1 amide bonds. The molecule has 0 saturated carbocycles. The number of hydrogen-bond acceptors (Lipinski definition) is 4. The molecule has 3 rings (SSSR count). The van der Waals surface area contributed by atoms with Gasteiger partial charge in [-0.25, -0.2) is 9.97 Å². The Kier molecular flexibility index (Phi) is 5.30. The van der Waals surface area contributed by atoms with Crippen molar-refractivity contribution < 1.29 is 18.0 Å². The van der Waals surface area contributed by atoms with Crippen molar-refractivity contribution in [3.05, 3.63) is 77.2 Å². The van der Waals surface area contributed by atoms with E-state index >= 15 is 0 Å². The number of rotatable bonds is 4. The van der Waals surface area contributed by atoms with Crippen LogP contribution in [0.5, 0.6) is 0 Å². The molecule has 0 unspecified atom stereocenters. The Labute approximate surface area is 159 Å². The van der Waals surface area contributed by atoms with Crippen LogP contribution in [0.3, 0.4) is 0 Å².